The van der Waals surface area contributed by atoms with Crippen LogP contribution in [-0.4, -0.2) is 29.7 Å². The Balaban J connectivity index is 2.05. The minimum absolute atomic E-state index is 0.0700. The van der Waals surface area contributed by atoms with Crippen LogP contribution in [0.4, 0.5) is 0 Å². The first kappa shape index (κ1) is 13.0. The van der Waals surface area contributed by atoms with Crippen molar-refractivity contribution < 1.29 is 14.1 Å². The van der Waals surface area contributed by atoms with E-state index < -0.39 is 0 Å². The van der Waals surface area contributed by atoms with Crippen LogP contribution in [0.25, 0.3) is 11.4 Å². The molecule has 1 heterocycles. The van der Waals surface area contributed by atoms with Gasteiger partial charge in [-0.1, -0.05) is 5.16 Å². The molecule has 0 atom stereocenters. The van der Waals surface area contributed by atoms with Gasteiger partial charge in [0.15, 0.2) is 0 Å². The summed E-state index contributed by atoms with van der Waals surface area (Å²) < 4.78 is 10.1. The van der Waals surface area contributed by atoms with Crippen molar-refractivity contribution in [2.24, 2.45) is 5.73 Å². The van der Waals surface area contributed by atoms with Crippen molar-refractivity contribution in [2.45, 2.75) is 6.54 Å². The number of aromatic nitrogens is 2. The van der Waals surface area contributed by atoms with Gasteiger partial charge in [0.2, 0.25) is 17.6 Å². The number of carbonyl (C=O) groups is 1. The van der Waals surface area contributed by atoms with Crippen molar-refractivity contribution in [1.29, 1.82) is 0 Å². The number of carbonyl (C=O) groups excluding carboxylic acids is 1. The summed E-state index contributed by atoms with van der Waals surface area (Å²) in [6.45, 7) is 0.0959. The van der Waals surface area contributed by atoms with Crippen molar-refractivity contribution in [2.75, 3.05) is 13.7 Å². The van der Waals surface area contributed by atoms with Gasteiger partial charge in [-0.15, -0.1) is 0 Å². The molecule has 0 aliphatic carbocycles. The van der Waals surface area contributed by atoms with Crippen molar-refractivity contribution in [1.82, 2.24) is 15.5 Å². The SMILES string of the molecule is COc1ccc(-c2noc(CNC(=O)CN)n2)cc1. The third-order valence-electron chi connectivity index (χ3n) is 2.44. The molecule has 2 rings (SSSR count). The average Bonchev–Trinajstić information content (AvgIpc) is 2.93. The van der Waals surface area contributed by atoms with Gasteiger partial charge in [-0.3, -0.25) is 4.79 Å². The Bertz CT molecular complexity index is 550. The molecule has 19 heavy (non-hydrogen) atoms. The van der Waals surface area contributed by atoms with Crippen LogP contribution in [0, 0.1) is 0 Å². The van der Waals surface area contributed by atoms with Crippen molar-refractivity contribution in [3.05, 3.63) is 30.2 Å². The molecule has 3 N–H and O–H groups in total. The highest BCUT2D eigenvalue weighted by Gasteiger charge is 2.09. The quantitative estimate of drug-likeness (QED) is 0.804. The van der Waals surface area contributed by atoms with E-state index in [4.69, 9.17) is 15.0 Å². The molecule has 0 radical (unpaired) electrons. The zero-order valence-corrected chi connectivity index (χ0v) is 10.4. The van der Waals surface area contributed by atoms with E-state index in [1.807, 2.05) is 24.3 Å². The molecule has 0 aliphatic heterocycles. The normalized spacial score (nSPS) is 10.2. The summed E-state index contributed by atoms with van der Waals surface area (Å²) in [5.74, 6) is 1.26. The van der Waals surface area contributed by atoms with Gasteiger partial charge in [0.05, 0.1) is 20.2 Å². The molecule has 0 saturated carbocycles. The van der Waals surface area contributed by atoms with Crippen LogP contribution in [0.15, 0.2) is 28.8 Å². The number of ether oxygens (including phenoxy) is 1. The summed E-state index contributed by atoms with van der Waals surface area (Å²) in [4.78, 5) is 15.2. The molecular weight excluding hydrogens is 248 g/mol. The second-order valence-electron chi connectivity index (χ2n) is 3.72. The maximum absolute atomic E-state index is 11.0. The number of benzene rings is 1. The Labute approximate surface area is 109 Å². The molecule has 7 heteroatoms. The Morgan fingerprint density at radius 2 is 2.16 bits per heavy atom. The maximum atomic E-state index is 11.0. The van der Waals surface area contributed by atoms with Crippen molar-refractivity contribution >= 4 is 5.91 Å². The lowest BCUT2D eigenvalue weighted by atomic mass is 10.2. The Morgan fingerprint density at radius 1 is 1.42 bits per heavy atom. The molecule has 0 fully saturated rings. The number of amides is 1. The molecule has 7 nitrogen and oxygen atoms in total. The minimum atomic E-state index is -0.274. The lowest BCUT2D eigenvalue weighted by Gasteiger charge is -1.99. The molecule has 0 bridgehead atoms. The second-order valence-corrected chi connectivity index (χ2v) is 3.72. The van der Waals surface area contributed by atoms with Gasteiger partial charge >= 0.3 is 0 Å². The third kappa shape index (κ3) is 3.29. The summed E-state index contributed by atoms with van der Waals surface area (Å²) in [6.07, 6.45) is 0. The molecule has 0 aliphatic rings. The summed E-state index contributed by atoms with van der Waals surface area (Å²) in [7, 11) is 1.60. The molecule has 1 aromatic carbocycles. The summed E-state index contributed by atoms with van der Waals surface area (Å²) in [5, 5.41) is 6.39. The molecule has 0 unspecified atom stereocenters. The number of nitrogens with one attached hydrogen (secondary N) is 1. The fourth-order valence-corrected chi connectivity index (χ4v) is 1.43. The number of nitrogens with two attached hydrogens (primary N) is 1. The first-order chi connectivity index (χ1) is 9.22. The van der Waals surface area contributed by atoms with Gasteiger partial charge < -0.3 is 20.3 Å². The van der Waals surface area contributed by atoms with Crippen molar-refractivity contribution in [3.8, 4) is 17.1 Å². The fourth-order valence-electron chi connectivity index (χ4n) is 1.43. The van der Waals surface area contributed by atoms with Gasteiger partial charge in [-0.05, 0) is 24.3 Å². The smallest absolute Gasteiger partial charge is 0.246 e. The molecular formula is C12H14N4O3. The summed E-state index contributed by atoms with van der Waals surface area (Å²) >= 11 is 0. The fraction of sp³-hybridized carbons (Fsp3) is 0.250. The minimum Gasteiger partial charge on any atom is -0.497 e. The van der Waals surface area contributed by atoms with Gasteiger partial charge in [-0.25, -0.2) is 0 Å². The van der Waals surface area contributed by atoms with Crippen LogP contribution in [0.1, 0.15) is 5.89 Å². The second kappa shape index (κ2) is 5.96. The van der Waals surface area contributed by atoms with E-state index in [9.17, 15) is 4.79 Å². The van der Waals surface area contributed by atoms with Gasteiger partial charge in [0.1, 0.15) is 5.75 Å². The van der Waals surface area contributed by atoms with E-state index in [1.54, 1.807) is 7.11 Å². The molecule has 1 aromatic heterocycles. The molecule has 1 amide bonds. The van der Waals surface area contributed by atoms with E-state index in [0.29, 0.717) is 11.7 Å². The summed E-state index contributed by atoms with van der Waals surface area (Å²) in [5.41, 5.74) is 5.98. The van der Waals surface area contributed by atoms with E-state index in [1.165, 1.54) is 0 Å². The third-order valence-corrected chi connectivity index (χ3v) is 2.44. The number of nitrogens with zero attached hydrogens (tertiary/aromatic N) is 2. The Kier molecular flexibility index (Phi) is 4.09. The highest BCUT2D eigenvalue weighted by atomic mass is 16.5. The van der Waals surface area contributed by atoms with Crippen LogP contribution in [0.3, 0.4) is 0 Å². The number of methoxy groups -OCH3 is 1. The first-order valence-electron chi connectivity index (χ1n) is 5.66. The van der Waals surface area contributed by atoms with E-state index in [0.717, 1.165) is 11.3 Å². The van der Waals surface area contributed by atoms with Gasteiger partial charge in [0, 0.05) is 5.56 Å². The number of hydrogen-bond donors (Lipinski definition) is 2. The predicted octanol–water partition coefficient (Wildman–Crippen LogP) is 0.320. The predicted molar refractivity (Wildman–Crippen MR) is 67.2 cm³/mol. The van der Waals surface area contributed by atoms with Crippen LogP contribution < -0.4 is 15.8 Å². The monoisotopic (exact) mass is 262 g/mol. The average molecular weight is 262 g/mol. The number of hydrogen-bond acceptors (Lipinski definition) is 6. The van der Waals surface area contributed by atoms with Gasteiger partial charge in [0.25, 0.3) is 0 Å². The zero-order chi connectivity index (χ0) is 13.7. The van der Waals surface area contributed by atoms with Gasteiger partial charge in [-0.2, -0.15) is 4.98 Å². The largest absolute Gasteiger partial charge is 0.497 e. The van der Waals surface area contributed by atoms with Crippen LogP contribution in [0.5, 0.6) is 5.75 Å². The lowest BCUT2D eigenvalue weighted by Crippen LogP contribution is -2.29. The highest BCUT2D eigenvalue weighted by molar-refractivity contribution is 5.77. The first-order valence-corrected chi connectivity index (χ1v) is 5.66. The van der Waals surface area contributed by atoms with Crippen LogP contribution in [-0.2, 0) is 11.3 Å². The highest BCUT2D eigenvalue weighted by Crippen LogP contribution is 2.19. The summed E-state index contributed by atoms with van der Waals surface area (Å²) in [6, 6.07) is 7.26. The Morgan fingerprint density at radius 3 is 2.79 bits per heavy atom. The van der Waals surface area contributed by atoms with Crippen molar-refractivity contribution in [3.63, 3.8) is 0 Å². The van der Waals surface area contributed by atoms with E-state index in [-0.39, 0.29) is 19.0 Å². The standard InChI is InChI=1S/C12H14N4O3/c1-18-9-4-2-8(3-5-9)12-15-11(19-16-12)7-14-10(17)6-13/h2-5H,6-7,13H2,1H3,(H,14,17). The maximum Gasteiger partial charge on any atom is 0.246 e. The topological polar surface area (TPSA) is 103 Å². The number of rotatable bonds is 5. The molecule has 0 spiro atoms. The molecule has 0 saturated heterocycles. The molecule has 2 aromatic rings. The van der Waals surface area contributed by atoms with E-state index >= 15 is 0 Å². The Hall–Kier alpha value is -2.41. The zero-order valence-electron chi connectivity index (χ0n) is 10.4. The lowest BCUT2D eigenvalue weighted by molar-refractivity contribution is -0.120. The van der Waals surface area contributed by atoms with E-state index in [2.05, 4.69) is 15.5 Å². The van der Waals surface area contributed by atoms with Crippen LogP contribution >= 0.6 is 0 Å². The molecule has 100 valence electrons. The van der Waals surface area contributed by atoms with Crippen LogP contribution in [0.2, 0.25) is 0 Å².